The minimum Gasteiger partial charge on any atom is -0.354 e. The Morgan fingerprint density at radius 3 is 2.58 bits per heavy atom. The molecular weight excluding hydrogens is 308 g/mol. The summed E-state index contributed by atoms with van der Waals surface area (Å²) < 4.78 is 0. The summed E-state index contributed by atoms with van der Waals surface area (Å²) in [6.45, 7) is 0.993. The molecule has 1 aromatic rings. The molecule has 1 atom stereocenters. The van der Waals surface area contributed by atoms with Gasteiger partial charge in [-0.2, -0.15) is 0 Å². The zero-order valence-corrected chi connectivity index (χ0v) is 14.1. The van der Waals surface area contributed by atoms with Crippen LogP contribution in [0.2, 0.25) is 0 Å². The maximum Gasteiger partial charge on any atom is 0.315 e. The average Bonchev–Trinajstić information content (AvgIpc) is 2.77. The van der Waals surface area contributed by atoms with Crippen LogP contribution in [0.5, 0.6) is 0 Å². The van der Waals surface area contributed by atoms with Gasteiger partial charge in [-0.15, -0.1) is 0 Å². The molecule has 0 aliphatic carbocycles. The Labute approximate surface area is 141 Å². The Balaban J connectivity index is 1.83. The first-order valence-electron chi connectivity index (χ1n) is 8.10. The molecule has 0 saturated carbocycles. The fourth-order valence-electron chi connectivity index (χ4n) is 2.49. The number of nitrogens with zero attached hydrogens (tertiary/aromatic N) is 1. The van der Waals surface area contributed by atoms with Crippen LogP contribution in [0.4, 0.5) is 4.79 Å². The molecule has 1 aliphatic heterocycles. The highest BCUT2D eigenvalue weighted by Crippen LogP contribution is 2.07. The normalized spacial score (nSPS) is 17.4. The van der Waals surface area contributed by atoms with Gasteiger partial charge in [0, 0.05) is 32.7 Å². The molecule has 1 saturated heterocycles. The van der Waals surface area contributed by atoms with Crippen molar-refractivity contribution in [2.24, 2.45) is 0 Å². The van der Waals surface area contributed by atoms with Gasteiger partial charge < -0.3 is 20.9 Å². The minimum absolute atomic E-state index is 0.0633. The molecule has 7 heteroatoms. The summed E-state index contributed by atoms with van der Waals surface area (Å²) in [6.07, 6.45) is 2.50. The summed E-state index contributed by atoms with van der Waals surface area (Å²) in [5.74, 6) is -0.194. The molecular formula is C17H24N4O3. The van der Waals surface area contributed by atoms with Crippen molar-refractivity contribution in [1.29, 1.82) is 0 Å². The Bertz CT molecular complexity index is 598. The van der Waals surface area contributed by atoms with Gasteiger partial charge in [-0.3, -0.25) is 9.59 Å². The van der Waals surface area contributed by atoms with E-state index in [1.54, 1.807) is 38.4 Å². The van der Waals surface area contributed by atoms with E-state index in [2.05, 4.69) is 16.0 Å². The maximum atomic E-state index is 11.9. The van der Waals surface area contributed by atoms with E-state index >= 15 is 0 Å². The van der Waals surface area contributed by atoms with Gasteiger partial charge in [-0.25, -0.2) is 4.79 Å². The number of amides is 4. The number of rotatable bonds is 4. The van der Waals surface area contributed by atoms with Crippen LogP contribution >= 0.6 is 0 Å². The quantitative estimate of drug-likeness (QED) is 0.764. The summed E-state index contributed by atoms with van der Waals surface area (Å²) in [6, 6.07) is 6.22. The fraction of sp³-hybridized carbons (Fsp3) is 0.471. The lowest BCUT2D eigenvalue weighted by molar-refractivity contribution is -0.122. The molecule has 4 amide bonds. The predicted molar refractivity (Wildman–Crippen MR) is 90.5 cm³/mol. The SMILES string of the molecule is CN(C)C(=O)c1ccc(CNC(=O)NC2CCCCNC2=O)cc1. The molecule has 7 nitrogen and oxygen atoms in total. The molecule has 0 aromatic heterocycles. The van der Waals surface area contributed by atoms with Crippen LogP contribution in [0.25, 0.3) is 0 Å². The summed E-state index contributed by atoms with van der Waals surface area (Å²) in [5, 5.41) is 8.22. The second-order valence-electron chi connectivity index (χ2n) is 6.06. The van der Waals surface area contributed by atoms with Crippen molar-refractivity contribution in [1.82, 2.24) is 20.9 Å². The van der Waals surface area contributed by atoms with Gasteiger partial charge in [0.15, 0.2) is 0 Å². The summed E-state index contributed by atoms with van der Waals surface area (Å²) in [5.41, 5.74) is 1.48. The van der Waals surface area contributed by atoms with Crippen molar-refractivity contribution in [3.05, 3.63) is 35.4 Å². The maximum absolute atomic E-state index is 11.9. The van der Waals surface area contributed by atoms with Crippen molar-refractivity contribution in [2.45, 2.75) is 31.8 Å². The van der Waals surface area contributed by atoms with Crippen LogP contribution in [0, 0.1) is 0 Å². The number of nitrogens with one attached hydrogen (secondary N) is 3. The second kappa shape index (κ2) is 8.33. The molecule has 1 aromatic carbocycles. The summed E-state index contributed by atoms with van der Waals surface area (Å²) in [7, 11) is 3.40. The van der Waals surface area contributed by atoms with E-state index in [-0.39, 0.29) is 17.8 Å². The Hall–Kier alpha value is -2.57. The lowest BCUT2D eigenvalue weighted by Crippen LogP contribution is -2.48. The molecule has 2 rings (SSSR count). The fourth-order valence-corrected chi connectivity index (χ4v) is 2.49. The highest BCUT2D eigenvalue weighted by molar-refractivity contribution is 5.93. The number of hydrogen-bond acceptors (Lipinski definition) is 3. The predicted octanol–water partition coefficient (Wildman–Crippen LogP) is 0.856. The number of carbonyl (C=O) groups excluding carboxylic acids is 3. The topological polar surface area (TPSA) is 90.5 Å². The van der Waals surface area contributed by atoms with Crippen molar-refractivity contribution in [2.75, 3.05) is 20.6 Å². The monoisotopic (exact) mass is 332 g/mol. The van der Waals surface area contributed by atoms with Gasteiger partial charge in [0.25, 0.3) is 5.91 Å². The standard InChI is InChI=1S/C17H24N4O3/c1-21(2)16(23)13-8-6-12(7-9-13)11-19-17(24)20-14-5-3-4-10-18-15(14)22/h6-9,14H,3-5,10-11H2,1-2H3,(H,18,22)(H2,19,20,24). The molecule has 3 N–H and O–H groups in total. The van der Waals surface area contributed by atoms with Gasteiger partial charge in [0.2, 0.25) is 5.91 Å². The number of benzene rings is 1. The molecule has 130 valence electrons. The molecule has 1 heterocycles. The van der Waals surface area contributed by atoms with Crippen LogP contribution < -0.4 is 16.0 Å². The molecule has 0 radical (unpaired) electrons. The third-order valence-electron chi connectivity index (χ3n) is 3.90. The summed E-state index contributed by atoms with van der Waals surface area (Å²) in [4.78, 5) is 37.1. The second-order valence-corrected chi connectivity index (χ2v) is 6.06. The van der Waals surface area contributed by atoms with Crippen LogP contribution in [0.15, 0.2) is 24.3 Å². The lowest BCUT2D eigenvalue weighted by atomic mass is 10.1. The van der Waals surface area contributed by atoms with Gasteiger partial charge in [-0.1, -0.05) is 12.1 Å². The third-order valence-corrected chi connectivity index (χ3v) is 3.90. The van der Waals surface area contributed by atoms with Crippen LogP contribution in [-0.2, 0) is 11.3 Å². The Kier molecular flexibility index (Phi) is 6.17. The van der Waals surface area contributed by atoms with Gasteiger partial charge >= 0.3 is 6.03 Å². The minimum atomic E-state index is -0.479. The first kappa shape index (κ1) is 17.8. The van der Waals surface area contributed by atoms with E-state index in [0.29, 0.717) is 25.1 Å². The highest BCUT2D eigenvalue weighted by atomic mass is 16.2. The molecule has 1 fully saturated rings. The van der Waals surface area contributed by atoms with Crippen LogP contribution in [0.1, 0.15) is 35.2 Å². The first-order chi connectivity index (χ1) is 11.5. The number of urea groups is 1. The molecule has 1 unspecified atom stereocenters. The number of hydrogen-bond donors (Lipinski definition) is 3. The van der Waals surface area contributed by atoms with Crippen molar-refractivity contribution >= 4 is 17.8 Å². The number of carbonyl (C=O) groups is 3. The van der Waals surface area contributed by atoms with Gasteiger partial charge in [0.1, 0.15) is 6.04 Å². The molecule has 1 aliphatic rings. The highest BCUT2D eigenvalue weighted by Gasteiger charge is 2.22. The molecule has 24 heavy (non-hydrogen) atoms. The zero-order valence-electron chi connectivity index (χ0n) is 14.1. The summed E-state index contributed by atoms with van der Waals surface area (Å²) >= 11 is 0. The van der Waals surface area contributed by atoms with E-state index in [4.69, 9.17) is 0 Å². The van der Waals surface area contributed by atoms with Crippen LogP contribution in [-0.4, -0.2) is 49.4 Å². The van der Waals surface area contributed by atoms with Crippen molar-refractivity contribution < 1.29 is 14.4 Å². The van der Waals surface area contributed by atoms with E-state index in [0.717, 1.165) is 18.4 Å². The molecule has 0 spiro atoms. The van der Waals surface area contributed by atoms with Gasteiger partial charge in [-0.05, 0) is 37.0 Å². The smallest absolute Gasteiger partial charge is 0.315 e. The van der Waals surface area contributed by atoms with Crippen molar-refractivity contribution in [3.63, 3.8) is 0 Å². The Morgan fingerprint density at radius 2 is 1.92 bits per heavy atom. The van der Waals surface area contributed by atoms with E-state index in [9.17, 15) is 14.4 Å². The van der Waals surface area contributed by atoms with Crippen molar-refractivity contribution in [3.8, 4) is 0 Å². The van der Waals surface area contributed by atoms with E-state index in [1.165, 1.54) is 4.90 Å². The van der Waals surface area contributed by atoms with E-state index in [1.807, 2.05) is 0 Å². The average molecular weight is 332 g/mol. The Morgan fingerprint density at radius 1 is 1.21 bits per heavy atom. The zero-order chi connectivity index (χ0) is 17.5. The lowest BCUT2D eigenvalue weighted by Gasteiger charge is -2.16. The largest absolute Gasteiger partial charge is 0.354 e. The third kappa shape index (κ3) is 4.97. The first-order valence-corrected chi connectivity index (χ1v) is 8.10. The van der Waals surface area contributed by atoms with Crippen LogP contribution in [0.3, 0.4) is 0 Å². The van der Waals surface area contributed by atoms with E-state index < -0.39 is 6.04 Å². The van der Waals surface area contributed by atoms with Gasteiger partial charge in [0.05, 0.1) is 0 Å². The molecule has 0 bridgehead atoms.